The largest absolute Gasteiger partial charge is 0.356 e. The van der Waals surface area contributed by atoms with Gasteiger partial charge in [0, 0.05) is 30.6 Å². The number of nitrogens with zero attached hydrogens (tertiary/aromatic N) is 2. The van der Waals surface area contributed by atoms with Crippen molar-refractivity contribution in [3.8, 4) is 0 Å². The molecule has 6 heteroatoms. The molecule has 2 heterocycles. The number of para-hydroxylation sites is 1. The highest BCUT2D eigenvalue weighted by molar-refractivity contribution is 6.03. The third-order valence-corrected chi connectivity index (χ3v) is 5.60. The first-order valence-corrected chi connectivity index (χ1v) is 10.3. The fourth-order valence-corrected chi connectivity index (χ4v) is 3.98. The van der Waals surface area contributed by atoms with Crippen molar-refractivity contribution in [3.05, 3.63) is 76.2 Å². The van der Waals surface area contributed by atoms with E-state index in [1.165, 1.54) is 0 Å². The standard InChI is InChI=1S/C24H26N4O2/c1-16(18-9-4-3-5-10-18)15-21(29)25-13-8-14-28-20-12-7-6-11-19(20)23-22(24(28)30)17(2)26-27-23/h3-7,9-12,16H,8,13-15H2,1-2H3,(H,25,29)(H,26,27). The van der Waals surface area contributed by atoms with E-state index in [1.807, 2.05) is 61.5 Å². The number of H-pyrrole nitrogens is 1. The van der Waals surface area contributed by atoms with E-state index in [9.17, 15) is 9.59 Å². The lowest BCUT2D eigenvalue weighted by Crippen LogP contribution is -2.28. The molecule has 1 amide bonds. The second kappa shape index (κ2) is 8.53. The summed E-state index contributed by atoms with van der Waals surface area (Å²) < 4.78 is 1.79. The Morgan fingerprint density at radius 3 is 2.67 bits per heavy atom. The molecule has 1 atom stereocenters. The van der Waals surface area contributed by atoms with Gasteiger partial charge in [0.1, 0.15) is 5.52 Å². The van der Waals surface area contributed by atoms with E-state index < -0.39 is 0 Å². The van der Waals surface area contributed by atoms with Gasteiger partial charge in [-0.15, -0.1) is 0 Å². The van der Waals surface area contributed by atoms with Crippen LogP contribution in [0.5, 0.6) is 0 Å². The van der Waals surface area contributed by atoms with E-state index in [2.05, 4.69) is 22.4 Å². The Morgan fingerprint density at radius 1 is 1.13 bits per heavy atom. The molecule has 0 aliphatic rings. The lowest BCUT2D eigenvalue weighted by Gasteiger charge is -2.13. The van der Waals surface area contributed by atoms with E-state index >= 15 is 0 Å². The van der Waals surface area contributed by atoms with Crippen LogP contribution in [-0.4, -0.2) is 27.2 Å². The average molecular weight is 402 g/mol. The number of carbonyl (C=O) groups is 1. The number of carbonyl (C=O) groups excluding carboxylic acids is 1. The van der Waals surface area contributed by atoms with Crippen molar-refractivity contribution < 1.29 is 4.79 Å². The molecule has 0 fully saturated rings. The van der Waals surface area contributed by atoms with Crippen LogP contribution in [0.4, 0.5) is 0 Å². The molecular formula is C24H26N4O2. The van der Waals surface area contributed by atoms with Gasteiger partial charge in [-0.2, -0.15) is 5.10 Å². The van der Waals surface area contributed by atoms with Crippen molar-refractivity contribution in [1.82, 2.24) is 20.1 Å². The zero-order valence-corrected chi connectivity index (χ0v) is 17.3. The van der Waals surface area contributed by atoms with Crippen LogP contribution < -0.4 is 10.9 Å². The lowest BCUT2D eigenvalue weighted by atomic mass is 9.97. The maximum atomic E-state index is 13.1. The predicted molar refractivity (Wildman–Crippen MR) is 120 cm³/mol. The topological polar surface area (TPSA) is 79.8 Å². The first-order valence-electron chi connectivity index (χ1n) is 10.3. The number of aryl methyl sites for hydroxylation is 2. The Kier molecular flexibility index (Phi) is 5.65. The first-order chi connectivity index (χ1) is 14.6. The number of amides is 1. The molecule has 4 aromatic rings. The Hall–Kier alpha value is -3.41. The van der Waals surface area contributed by atoms with Crippen LogP contribution in [0.25, 0.3) is 21.8 Å². The lowest BCUT2D eigenvalue weighted by molar-refractivity contribution is -0.121. The van der Waals surface area contributed by atoms with E-state index in [0.29, 0.717) is 36.8 Å². The molecule has 0 saturated heterocycles. The number of pyridine rings is 1. The highest BCUT2D eigenvalue weighted by Gasteiger charge is 2.15. The van der Waals surface area contributed by atoms with Gasteiger partial charge >= 0.3 is 0 Å². The van der Waals surface area contributed by atoms with Crippen molar-refractivity contribution in [3.63, 3.8) is 0 Å². The molecule has 0 aliphatic carbocycles. The summed E-state index contributed by atoms with van der Waals surface area (Å²) in [4.78, 5) is 25.4. The number of hydrogen-bond acceptors (Lipinski definition) is 3. The van der Waals surface area contributed by atoms with Crippen molar-refractivity contribution in [2.75, 3.05) is 6.54 Å². The van der Waals surface area contributed by atoms with Gasteiger partial charge in [-0.1, -0.05) is 55.5 Å². The van der Waals surface area contributed by atoms with Crippen molar-refractivity contribution in [1.29, 1.82) is 0 Å². The van der Waals surface area contributed by atoms with E-state index in [4.69, 9.17) is 0 Å². The zero-order chi connectivity index (χ0) is 21.1. The van der Waals surface area contributed by atoms with E-state index in [0.717, 1.165) is 22.2 Å². The quantitative estimate of drug-likeness (QED) is 0.460. The predicted octanol–water partition coefficient (Wildman–Crippen LogP) is 3.89. The molecule has 0 aliphatic heterocycles. The zero-order valence-electron chi connectivity index (χ0n) is 17.3. The third-order valence-electron chi connectivity index (χ3n) is 5.60. The third kappa shape index (κ3) is 3.85. The molecule has 2 aromatic heterocycles. The number of nitrogens with one attached hydrogen (secondary N) is 2. The van der Waals surface area contributed by atoms with Crippen LogP contribution in [0.3, 0.4) is 0 Å². The summed E-state index contributed by atoms with van der Waals surface area (Å²) in [7, 11) is 0. The fourth-order valence-electron chi connectivity index (χ4n) is 3.98. The molecule has 154 valence electrons. The number of aromatic nitrogens is 3. The Labute approximate surface area is 174 Å². The summed E-state index contributed by atoms with van der Waals surface area (Å²) in [6.07, 6.45) is 1.13. The Balaban J connectivity index is 1.43. The van der Waals surface area contributed by atoms with Gasteiger partial charge in [-0.05, 0) is 30.9 Å². The number of fused-ring (bicyclic) bond motifs is 3. The number of hydrogen-bond donors (Lipinski definition) is 2. The summed E-state index contributed by atoms with van der Waals surface area (Å²) in [5, 5.41) is 11.8. The van der Waals surface area contributed by atoms with Crippen LogP contribution in [0.2, 0.25) is 0 Å². The Morgan fingerprint density at radius 2 is 1.87 bits per heavy atom. The molecule has 1 unspecified atom stereocenters. The highest BCUT2D eigenvalue weighted by Crippen LogP contribution is 2.22. The van der Waals surface area contributed by atoms with Gasteiger partial charge in [0.15, 0.2) is 0 Å². The minimum Gasteiger partial charge on any atom is -0.356 e. The summed E-state index contributed by atoms with van der Waals surface area (Å²) in [6.45, 7) is 4.99. The number of rotatable bonds is 7. The maximum Gasteiger partial charge on any atom is 0.262 e. The van der Waals surface area contributed by atoms with Crippen LogP contribution in [0.15, 0.2) is 59.4 Å². The maximum absolute atomic E-state index is 13.1. The van der Waals surface area contributed by atoms with Crippen LogP contribution in [0, 0.1) is 6.92 Å². The monoisotopic (exact) mass is 402 g/mol. The first kappa shape index (κ1) is 19.9. The fraction of sp³-hybridized carbons (Fsp3) is 0.292. The number of aromatic amines is 1. The summed E-state index contributed by atoms with van der Waals surface area (Å²) >= 11 is 0. The number of benzene rings is 2. The van der Waals surface area contributed by atoms with Gasteiger partial charge in [0.2, 0.25) is 5.91 Å². The van der Waals surface area contributed by atoms with Crippen molar-refractivity contribution >= 4 is 27.7 Å². The second-order valence-corrected chi connectivity index (χ2v) is 7.77. The second-order valence-electron chi connectivity index (χ2n) is 7.77. The van der Waals surface area contributed by atoms with Gasteiger partial charge in [0.25, 0.3) is 5.56 Å². The highest BCUT2D eigenvalue weighted by atomic mass is 16.1. The summed E-state index contributed by atoms with van der Waals surface area (Å²) in [5.41, 5.74) is 3.48. The minimum absolute atomic E-state index is 0.0321. The molecule has 0 spiro atoms. The molecule has 0 bridgehead atoms. The van der Waals surface area contributed by atoms with Gasteiger partial charge in [-0.3, -0.25) is 14.7 Å². The van der Waals surface area contributed by atoms with E-state index in [-0.39, 0.29) is 17.4 Å². The molecule has 6 nitrogen and oxygen atoms in total. The molecule has 30 heavy (non-hydrogen) atoms. The summed E-state index contributed by atoms with van der Waals surface area (Å²) in [5.74, 6) is 0.203. The minimum atomic E-state index is -0.0426. The molecule has 4 rings (SSSR count). The van der Waals surface area contributed by atoms with Crippen LogP contribution in [0.1, 0.15) is 36.9 Å². The Bertz CT molecular complexity index is 1240. The molecule has 0 saturated carbocycles. The van der Waals surface area contributed by atoms with Gasteiger partial charge in [-0.25, -0.2) is 0 Å². The smallest absolute Gasteiger partial charge is 0.262 e. The van der Waals surface area contributed by atoms with Gasteiger partial charge < -0.3 is 9.88 Å². The summed E-state index contributed by atoms with van der Waals surface area (Å²) in [6, 6.07) is 17.9. The van der Waals surface area contributed by atoms with Crippen molar-refractivity contribution in [2.45, 2.75) is 39.2 Å². The van der Waals surface area contributed by atoms with Crippen molar-refractivity contribution in [2.24, 2.45) is 0 Å². The molecule has 0 radical (unpaired) electrons. The van der Waals surface area contributed by atoms with Crippen LogP contribution >= 0.6 is 0 Å². The molecule has 2 aromatic carbocycles. The van der Waals surface area contributed by atoms with E-state index in [1.54, 1.807) is 4.57 Å². The van der Waals surface area contributed by atoms with Crippen LogP contribution in [-0.2, 0) is 11.3 Å². The SMILES string of the molecule is Cc1[nH]nc2c1c(=O)n(CCCNC(=O)CC(C)c1ccccc1)c1ccccc21. The van der Waals surface area contributed by atoms with Gasteiger partial charge in [0.05, 0.1) is 10.9 Å². The average Bonchev–Trinajstić information content (AvgIpc) is 3.15. The normalized spacial score (nSPS) is 12.3. The molecule has 2 N–H and O–H groups in total. The molecular weight excluding hydrogens is 376 g/mol.